The van der Waals surface area contributed by atoms with Crippen molar-refractivity contribution in [1.82, 2.24) is 15.0 Å². The molecule has 26 heavy (non-hydrogen) atoms. The molecule has 0 aliphatic rings. The van der Waals surface area contributed by atoms with Crippen molar-refractivity contribution in [3.05, 3.63) is 71.7 Å². The minimum Gasteiger partial charge on any atom is -0.465 e. The van der Waals surface area contributed by atoms with Gasteiger partial charge < -0.3 is 15.4 Å². The van der Waals surface area contributed by atoms with Crippen molar-refractivity contribution in [2.24, 2.45) is 0 Å². The number of carbonyl (C=O) groups is 1. The number of hydrogen-bond donors (Lipinski definition) is 2. The molecular formula is C19H19N5O2. The zero-order valence-corrected chi connectivity index (χ0v) is 14.6. The zero-order chi connectivity index (χ0) is 18.4. The summed E-state index contributed by atoms with van der Waals surface area (Å²) < 4.78 is 4.75. The first-order valence-corrected chi connectivity index (χ1v) is 8.08. The number of benzene rings is 1. The number of rotatable bonds is 6. The van der Waals surface area contributed by atoms with E-state index in [2.05, 4.69) is 25.6 Å². The van der Waals surface area contributed by atoms with Gasteiger partial charge in [0, 0.05) is 36.4 Å². The SMILES string of the molecule is COC(=O)c1cccc(Nc2cc(C)nc(NCc3ccncc3)n2)c1. The van der Waals surface area contributed by atoms with Crippen LogP contribution in [0.4, 0.5) is 17.5 Å². The van der Waals surface area contributed by atoms with E-state index in [9.17, 15) is 4.79 Å². The maximum atomic E-state index is 11.7. The van der Waals surface area contributed by atoms with Crippen LogP contribution >= 0.6 is 0 Å². The highest BCUT2D eigenvalue weighted by atomic mass is 16.5. The van der Waals surface area contributed by atoms with Crippen LogP contribution in [0.5, 0.6) is 0 Å². The summed E-state index contributed by atoms with van der Waals surface area (Å²) in [6.45, 7) is 2.50. The summed E-state index contributed by atoms with van der Waals surface area (Å²) in [5.74, 6) is 0.775. The Labute approximate surface area is 151 Å². The Morgan fingerprint density at radius 2 is 1.92 bits per heavy atom. The van der Waals surface area contributed by atoms with Crippen LogP contribution in [0, 0.1) is 6.92 Å². The maximum Gasteiger partial charge on any atom is 0.337 e. The van der Waals surface area contributed by atoms with Crippen molar-refractivity contribution in [3.63, 3.8) is 0 Å². The van der Waals surface area contributed by atoms with E-state index >= 15 is 0 Å². The van der Waals surface area contributed by atoms with Gasteiger partial charge in [0.05, 0.1) is 12.7 Å². The molecular weight excluding hydrogens is 330 g/mol. The Hall–Kier alpha value is -3.48. The molecule has 0 unspecified atom stereocenters. The van der Waals surface area contributed by atoms with E-state index in [0.29, 0.717) is 23.9 Å². The Bertz CT molecular complexity index is 899. The van der Waals surface area contributed by atoms with Gasteiger partial charge >= 0.3 is 5.97 Å². The molecule has 1 aromatic carbocycles. The monoisotopic (exact) mass is 349 g/mol. The fourth-order valence-corrected chi connectivity index (χ4v) is 2.38. The minimum atomic E-state index is -0.382. The van der Waals surface area contributed by atoms with E-state index in [0.717, 1.165) is 16.9 Å². The predicted octanol–water partition coefficient (Wildman–Crippen LogP) is 3.32. The summed E-state index contributed by atoms with van der Waals surface area (Å²) in [5.41, 5.74) is 3.12. The van der Waals surface area contributed by atoms with Crippen molar-refractivity contribution in [1.29, 1.82) is 0 Å². The van der Waals surface area contributed by atoms with E-state index in [1.54, 1.807) is 30.6 Å². The van der Waals surface area contributed by atoms with Crippen LogP contribution in [-0.2, 0) is 11.3 Å². The lowest BCUT2D eigenvalue weighted by Crippen LogP contribution is -2.07. The fraction of sp³-hybridized carbons (Fsp3) is 0.158. The smallest absolute Gasteiger partial charge is 0.337 e. The molecule has 2 aromatic heterocycles. The highest BCUT2D eigenvalue weighted by molar-refractivity contribution is 5.90. The van der Waals surface area contributed by atoms with E-state index in [-0.39, 0.29) is 5.97 Å². The van der Waals surface area contributed by atoms with E-state index < -0.39 is 0 Å². The number of esters is 1. The predicted molar refractivity (Wildman–Crippen MR) is 99.4 cm³/mol. The number of pyridine rings is 1. The number of ether oxygens (including phenoxy) is 1. The molecule has 0 amide bonds. The van der Waals surface area contributed by atoms with Crippen LogP contribution in [0.3, 0.4) is 0 Å². The maximum absolute atomic E-state index is 11.7. The molecule has 7 heteroatoms. The zero-order valence-electron chi connectivity index (χ0n) is 14.6. The lowest BCUT2D eigenvalue weighted by molar-refractivity contribution is 0.0601. The molecule has 0 bridgehead atoms. The molecule has 0 saturated heterocycles. The van der Waals surface area contributed by atoms with Crippen LogP contribution < -0.4 is 10.6 Å². The second-order valence-electron chi connectivity index (χ2n) is 5.62. The highest BCUT2D eigenvalue weighted by Gasteiger charge is 2.07. The molecule has 3 rings (SSSR count). The van der Waals surface area contributed by atoms with Gasteiger partial charge in [0.2, 0.25) is 5.95 Å². The number of methoxy groups -OCH3 is 1. The summed E-state index contributed by atoms with van der Waals surface area (Å²) in [6, 6.07) is 12.7. The van der Waals surface area contributed by atoms with Gasteiger partial charge in [-0.15, -0.1) is 0 Å². The highest BCUT2D eigenvalue weighted by Crippen LogP contribution is 2.18. The first-order valence-electron chi connectivity index (χ1n) is 8.08. The Balaban J connectivity index is 1.74. The number of hydrogen-bond acceptors (Lipinski definition) is 7. The van der Waals surface area contributed by atoms with Gasteiger partial charge in [-0.3, -0.25) is 4.98 Å². The van der Waals surface area contributed by atoms with Crippen LogP contribution in [0.25, 0.3) is 0 Å². The van der Waals surface area contributed by atoms with Gasteiger partial charge in [-0.1, -0.05) is 6.07 Å². The molecule has 0 aliphatic carbocycles. The van der Waals surface area contributed by atoms with Crippen LogP contribution in [0.15, 0.2) is 54.9 Å². The molecule has 0 spiro atoms. The Morgan fingerprint density at radius 1 is 1.12 bits per heavy atom. The molecule has 0 saturated carbocycles. The molecule has 2 heterocycles. The molecule has 0 atom stereocenters. The largest absolute Gasteiger partial charge is 0.465 e. The van der Waals surface area contributed by atoms with Crippen LogP contribution in [0.1, 0.15) is 21.6 Å². The van der Waals surface area contributed by atoms with Crippen molar-refractivity contribution < 1.29 is 9.53 Å². The molecule has 3 aromatic rings. The first-order chi connectivity index (χ1) is 12.6. The summed E-state index contributed by atoms with van der Waals surface area (Å²) in [6.07, 6.45) is 3.49. The third kappa shape index (κ3) is 4.54. The van der Waals surface area contributed by atoms with Gasteiger partial charge in [-0.05, 0) is 42.8 Å². The third-order valence-electron chi connectivity index (χ3n) is 3.61. The lowest BCUT2D eigenvalue weighted by atomic mass is 10.2. The normalized spacial score (nSPS) is 10.2. The second-order valence-corrected chi connectivity index (χ2v) is 5.62. The number of aryl methyl sites for hydroxylation is 1. The molecule has 7 nitrogen and oxygen atoms in total. The van der Waals surface area contributed by atoms with E-state index in [1.807, 2.05) is 31.2 Å². The standard InChI is InChI=1S/C19H19N5O2/c1-13-10-17(23-16-5-3-4-15(11-16)18(25)26-2)24-19(22-13)21-12-14-6-8-20-9-7-14/h3-11H,12H2,1-2H3,(H2,21,22,23,24). The average molecular weight is 349 g/mol. The third-order valence-corrected chi connectivity index (χ3v) is 3.61. The van der Waals surface area contributed by atoms with Gasteiger partial charge in [0.25, 0.3) is 0 Å². The average Bonchev–Trinajstić information content (AvgIpc) is 2.66. The number of nitrogens with zero attached hydrogens (tertiary/aromatic N) is 3. The molecule has 0 fully saturated rings. The minimum absolute atomic E-state index is 0.382. The van der Waals surface area contributed by atoms with E-state index in [4.69, 9.17) is 4.74 Å². The van der Waals surface area contributed by atoms with Gasteiger partial charge in [-0.2, -0.15) is 4.98 Å². The number of carbonyl (C=O) groups excluding carboxylic acids is 1. The van der Waals surface area contributed by atoms with E-state index in [1.165, 1.54) is 7.11 Å². The lowest BCUT2D eigenvalue weighted by Gasteiger charge is -2.10. The molecule has 132 valence electrons. The summed E-state index contributed by atoms with van der Waals surface area (Å²) in [5, 5.41) is 6.40. The summed E-state index contributed by atoms with van der Waals surface area (Å²) in [4.78, 5) is 24.5. The van der Waals surface area contributed by atoms with Crippen LogP contribution in [-0.4, -0.2) is 28.0 Å². The van der Waals surface area contributed by atoms with Crippen LogP contribution in [0.2, 0.25) is 0 Å². The van der Waals surface area contributed by atoms with Gasteiger partial charge in [-0.25, -0.2) is 9.78 Å². The number of aromatic nitrogens is 3. The molecule has 0 radical (unpaired) electrons. The van der Waals surface area contributed by atoms with Gasteiger partial charge in [0.1, 0.15) is 5.82 Å². The molecule has 0 aliphatic heterocycles. The van der Waals surface area contributed by atoms with Crippen molar-refractivity contribution >= 4 is 23.4 Å². The van der Waals surface area contributed by atoms with Crippen molar-refractivity contribution in [2.75, 3.05) is 17.7 Å². The Kier molecular flexibility index (Phi) is 5.38. The fourth-order valence-electron chi connectivity index (χ4n) is 2.38. The second kappa shape index (κ2) is 8.06. The quantitative estimate of drug-likeness (QED) is 0.660. The number of anilines is 3. The summed E-state index contributed by atoms with van der Waals surface area (Å²) in [7, 11) is 1.36. The van der Waals surface area contributed by atoms with Crippen molar-refractivity contribution in [3.8, 4) is 0 Å². The summed E-state index contributed by atoms with van der Waals surface area (Å²) >= 11 is 0. The Morgan fingerprint density at radius 3 is 2.69 bits per heavy atom. The number of nitrogens with one attached hydrogen (secondary N) is 2. The van der Waals surface area contributed by atoms with Gasteiger partial charge in [0.15, 0.2) is 0 Å². The topological polar surface area (TPSA) is 89.0 Å². The van der Waals surface area contributed by atoms with Crippen molar-refractivity contribution in [2.45, 2.75) is 13.5 Å². The molecule has 2 N–H and O–H groups in total. The first kappa shape index (κ1) is 17.3.